The van der Waals surface area contributed by atoms with E-state index in [9.17, 15) is 26.7 Å². The molecule has 0 aliphatic heterocycles. The fourth-order valence-corrected chi connectivity index (χ4v) is 1.42. The number of halogens is 6. The van der Waals surface area contributed by atoms with E-state index in [1.54, 1.807) is 0 Å². The molecular formula is C8H11BrF5NO. The number of hydrogen-bond donors (Lipinski definition) is 0. The number of carbonyl (C=O) groups excluding carboxylic acids is 1. The first-order valence-corrected chi connectivity index (χ1v) is 5.57. The molecular weight excluding hydrogens is 301 g/mol. The Kier molecular flexibility index (Phi) is 6.85. The second-order valence-corrected chi connectivity index (χ2v) is 3.83. The Labute approximate surface area is 97.9 Å². The lowest BCUT2D eigenvalue weighted by Gasteiger charge is -2.21. The predicted octanol–water partition coefficient (Wildman–Crippen LogP) is 2.82. The van der Waals surface area contributed by atoms with Crippen LogP contribution in [0.2, 0.25) is 0 Å². The van der Waals surface area contributed by atoms with Crippen molar-refractivity contribution in [2.45, 2.75) is 25.4 Å². The molecule has 0 aliphatic rings. The second kappa shape index (κ2) is 7.03. The van der Waals surface area contributed by atoms with E-state index in [-0.39, 0.29) is 11.9 Å². The van der Waals surface area contributed by atoms with Gasteiger partial charge in [-0.1, -0.05) is 15.9 Å². The Morgan fingerprint density at radius 2 is 1.88 bits per heavy atom. The van der Waals surface area contributed by atoms with E-state index in [1.807, 2.05) is 0 Å². The Hall–Kier alpha value is -0.400. The quantitative estimate of drug-likeness (QED) is 0.545. The second-order valence-electron chi connectivity index (χ2n) is 3.03. The van der Waals surface area contributed by atoms with Gasteiger partial charge in [-0.2, -0.15) is 13.2 Å². The highest BCUT2D eigenvalue weighted by Gasteiger charge is 2.29. The molecule has 0 aliphatic carbocycles. The number of amides is 1. The van der Waals surface area contributed by atoms with Gasteiger partial charge in [0.1, 0.15) is 0 Å². The molecule has 0 unspecified atom stereocenters. The molecule has 0 radical (unpaired) electrons. The molecule has 0 heterocycles. The van der Waals surface area contributed by atoms with E-state index in [0.29, 0.717) is 0 Å². The Morgan fingerprint density at radius 1 is 1.31 bits per heavy atom. The maximum absolute atomic E-state index is 12.0. The van der Waals surface area contributed by atoms with Gasteiger partial charge >= 0.3 is 6.18 Å². The molecule has 8 heteroatoms. The van der Waals surface area contributed by atoms with Gasteiger partial charge in [0.25, 0.3) is 6.43 Å². The normalized spacial score (nSPS) is 11.9. The number of carbonyl (C=O) groups is 1. The lowest BCUT2D eigenvalue weighted by Crippen LogP contribution is -2.37. The van der Waals surface area contributed by atoms with Crippen molar-refractivity contribution in [2.75, 3.05) is 18.4 Å². The minimum atomic E-state index is -4.44. The highest BCUT2D eigenvalue weighted by molar-refractivity contribution is 9.09. The number of hydrogen-bond acceptors (Lipinski definition) is 1. The molecule has 0 saturated heterocycles. The molecule has 0 aromatic carbocycles. The zero-order valence-electron chi connectivity index (χ0n) is 8.24. The fourth-order valence-electron chi connectivity index (χ4n) is 0.993. The van der Waals surface area contributed by atoms with Gasteiger partial charge in [-0.25, -0.2) is 8.78 Å². The fraction of sp³-hybridized carbons (Fsp3) is 0.875. The minimum Gasteiger partial charge on any atom is -0.336 e. The average Bonchev–Trinajstić information content (AvgIpc) is 2.11. The largest absolute Gasteiger partial charge is 0.389 e. The summed E-state index contributed by atoms with van der Waals surface area (Å²) in [6, 6.07) is 0. The van der Waals surface area contributed by atoms with Crippen molar-refractivity contribution < 1.29 is 26.7 Å². The van der Waals surface area contributed by atoms with Gasteiger partial charge < -0.3 is 4.90 Å². The number of nitrogens with zero attached hydrogens (tertiary/aromatic N) is 1. The summed E-state index contributed by atoms with van der Waals surface area (Å²) in [6.07, 6.45) is -9.26. The summed E-state index contributed by atoms with van der Waals surface area (Å²) < 4.78 is 59.4. The van der Waals surface area contributed by atoms with Crippen molar-refractivity contribution >= 4 is 21.8 Å². The van der Waals surface area contributed by atoms with Crippen LogP contribution in [-0.2, 0) is 4.79 Å². The van der Waals surface area contributed by atoms with Gasteiger partial charge in [-0.05, 0) is 0 Å². The lowest BCUT2D eigenvalue weighted by atomic mass is 10.2. The third kappa shape index (κ3) is 7.84. The van der Waals surface area contributed by atoms with Gasteiger partial charge in [-0.3, -0.25) is 4.79 Å². The SMILES string of the molecule is O=C(CCC(F)(F)F)N(CCBr)CC(F)F. The molecule has 0 spiro atoms. The maximum atomic E-state index is 12.0. The van der Waals surface area contributed by atoms with Crippen LogP contribution in [0, 0.1) is 0 Å². The Balaban J connectivity index is 4.16. The summed E-state index contributed by atoms with van der Waals surface area (Å²) >= 11 is 2.94. The summed E-state index contributed by atoms with van der Waals surface area (Å²) in [5.41, 5.74) is 0. The summed E-state index contributed by atoms with van der Waals surface area (Å²) in [4.78, 5) is 11.9. The molecule has 16 heavy (non-hydrogen) atoms. The molecule has 0 atom stereocenters. The van der Waals surface area contributed by atoms with E-state index >= 15 is 0 Å². The summed E-state index contributed by atoms with van der Waals surface area (Å²) in [5, 5.41) is 0.247. The van der Waals surface area contributed by atoms with Crippen LogP contribution in [0.25, 0.3) is 0 Å². The monoisotopic (exact) mass is 311 g/mol. The van der Waals surface area contributed by atoms with E-state index in [1.165, 1.54) is 0 Å². The highest BCUT2D eigenvalue weighted by atomic mass is 79.9. The van der Waals surface area contributed by atoms with Crippen LogP contribution >= 0.6 is 15.9 Å². The zero-order valence-corrected chi connectivity index (χ0v) is 9.82. The van der Waals surface area contributed by atoms with E-state index in [2.05, 4.69) is 15.9 Å². The van der Waals surface area contributed by atoms with Crippen molar-refractivity contribution in [1.29, 1.82) is 0 Å². The molecule has 2 nitrogen and oxygen atoms in total. The first-order valence-electron chi connectivity index (χ1n) is 4.45. The van der Waals surface area contributed by atoms with Crippen LogP contribution in [0.1, 0.15) is 12.8 Å². The van der Waals surface area contributed by atoms with Crippen molar-refractivity contribution in [3.8, 4) is 0 Å². The van der Waals surface area contributed by atoms with Crippen LogP contribution in [0.15, 0.2) is 0 Å². The van der Waals surface area contributed by atoms with Crippen LogP contribution in [0.4, 0.5) is 22.0 Å². The molecule has 1 amide bonds. The van der Waals surface area contributed by atoms with Gasteiger partial charge in [0, 0.05) is 18.3 Å². The summed E-state index contributed by atoms with van der Waals surface area (Å²) in [6.45, 7) is -0.858. The number of alkyl halides is 6. The number of rotatable bonds is 6. The zero-order chi connectivity index (χ0) is 12.8. The van der Waals surface area contributed by atoms with Crippen molar-refractivity contribution in [3.05, 3.63) is 0 Å². The summed E-state index contributed by atoms with van der Waals surface area (Å²) in [7, 11) is 0. The molecule has 0 rings (SSSR count). The van der Waals surface area contributed by atoms with Crippen LogP contribution in [0.3, 0.4) is 0 Å². The van der Waals surface area contributed by atoms with Gasteiger partial charge in [0.05, 0.1) is 13.0 Å². The predicted molar refractivity (Wildman–Crippen MR) is 51.7 cm³/mol. The van der Waals surface area contributed by atoms with Crippen molar-refractivity contribution in [1.82, 2.24) is 4.90 Å². The van der Waals surface area contributed by atoms with E-state index in [0.717, 1.165) is 4.90 Å². The molecule has 0 saturated carbocycles. The van der Waals surface area contributed by atoms with Crippen molar-refractivity contribution in [3.63, 3.8) is 0 Å². The highest BCUT2D eigenvalue weighted by Crippen LogP contribution is 2.21. The van der Waals surface area contributed by atoms with Crippen molar-refractivity contribution in [2.24, 2.45) is 0 Å². The van der Waals surface area contributed by atoms with Gasteiger partial charge in [-0.15, -0.1) is 0 Å². The molecule has 0 aromatic rings. The van der Waals surface area contributed by atoms with Crippen LogP contribution in [0.5, 0.6) is 0 Å². The average molecular weight is 312 g/mol. The maximum Gasteiger partial charge on any atom is 0.389 e. The van der Waals surface area contributed by atoms with Crippen LogP contribution < -0.4 is 0 Å². The first kappa shape index (κ1) is 15.6. The first-order chi connectivity index (χ1) is 7.26. The van der Waals surface area contributed by atoms with E-state index < -0.39 is 37.9 Å². The standard InChI is InChI=1S/C8H11BrF5NO/c9-3-4-15(5-6(10)11)7(16)1-2-8(12,13)14/h6H,1-5H2. The Morgan fingerprint density at radius 3 is 2.25 bits per heavy atom. The van der Waals surface area contributed by atoms with Gasteiger partial charge in [0.15, 0.2) is 0 Å². The Bertz CT molecular complexity index is 221. The molecule has 0 bridgehead atoms. The van der Waals surface area contributed by atoms with Gasteiger partial charge in [0.2, 0.25) is 5.91 Å². The molecule has 0 fully saturated rings. The topological polar surface area (TPSA) is 20.3 Å². The molecule has 0 aromatic heterocycles. The molecule has 96 valence electrons. The smallest absolute Gasteiger partial charge is 0.336 e. The van der Waals surface area contributed by atoms with E-state index in [4.69, 9.17) is 0 Å². The third-order valence-electron chi connectivity index (χ3n) is 1.69. The minimum absolute atomic E-state index is 0.0268. The van der Waals surface area contributed by atoms with Crippen LogP contribution in [-0.4, -0.2) is 41.8 Å². The third-order valence-corrected chi connectivity index (χ3v) is 2.04. The molecule has 0 N–H and O–H groups in total. The summed E-state index contributed by atoms with van der Waals surface area (Å²) in [5.74, 6) is -0.905. The lowest BCUT2D eigenvalue weighted by molar-refractivity contribution is -0.149.